The van der Waals surface area contributed by atoms with E-state index in [2.05, 4.69) is 13.8 Å². The highest BCUT2D eigenvalue weighted by atomic mass is 28.2. The molecule has 4 aliphatic carbocycles. The van der Waals surface area contributed by atoms with Crippen LogP contribution in [0.15, 0.2) is 0 Å². The van der Waals surface area contributed by atoms with Crippen LogP contribution in [-0.2, 0) is 4.43 Å². The smallest absolute Gasteiger partial charge is 0.146 e. The summed E-state index contributed by atoms with van der Waals surface area (Å²) >= 11 is 0. The van der Waals surface area contributed by atoms with Crippen molar-refractivity contribution >= 4 is 10.5 Å². The molecule has 0 aromatic carbocycles. The molecule has 0 heterocycles. The quantitative estimate of drug-likeness (QED) is 0.662. The van der Waals surface area contributed by atoms with Gasteiger partial charge in [0, 0.05) is 0 Å². The highest BCUT2D eigenvalue weighted by Crippen LogP contribution is 2.63. The minimum Gasteiger partial charge on any atom is -0.422 e. The summed E-state index contributed by atoms with van der Waals surface area (Å²) < 4.78 is 6.22. The fourth-order valence-electron chi connectivity index (χ4n) is 7.53. The third-order valence-electron chi connectivity index (χ3n) is 8.77. The first-order valence-corrected chi connectivity index (χ1v) is 11.1. The molecule has 0 aromatic rings. The van der Waals surface area contributed by atoms with Gasteiger partial charge < -0.3 is 4.43 Å². The molecule has 4 saturated carbocycles. The molecule has 0 aromatic heterocycles. The van der Waals surface area contributed by atoms with E-state index in [-0.39, 0.29) is 5.60 Å². The predicted octanol–water partition coefficient (Wildman–Crippen LogP) is 4.33. The normalized spacial score (nSPS) is 46.9. The van der Waals surface area contributed by atoms with Crippen LogP contribution in [0.4, 0.5) is 0 Å². The Balaban J connectivity index is 1.54. The zero-order valence-corrected chi connectivity index (χ0v) is 17.0. The number of rotatable bonds is 6. The fraction of sp³-hybridized carbons (Fsp3) is 1.00. The summed E-state index contributed by atoms with van der Waals surface area (Å²) in [7, 11) is 0.910. The van der Waals surface area contributed by atoms with Crippen molar-refractivity contribution in [1.82, 2.24) is 0 Å². The first kappa shape index (κ1) is 15.7. The van der Waals surface area contributed by atoms with E-state index in [1.165, 1.54) is 25.7 Å². The van der Waals surface area contributed by atoms with Crippen molar-refractivity contribution in [3.63, 3.8) is 0 Å². The molecule has 0 aliphatic heterocycles. The Hall–Kier alpha value is 0.177. The molecule has 7 atom stereocenters. The van der Waals surface area contributed by atoms with E-state index >= 15 is 0 Å². The second-order valence-electron chi connectivity index (χ2n) is 9.21. The van der Waals surface area contributed by atoms with Crippen molar-refractivity contribution in [1.29, 1.82) is 0 Å². The van der Waals surface area contributed by atoms with Gasteiger partial charge in [-0.05, 0) is 99.2 Å². The van der Waals surface area contributed by atoms with Crippen molar-refractivity contribution in [3.05, 3.63) is 0 Å². The van der Waals surface area contributed by atoms with Gasteiger partial charge in [0.1, 0.15) is 10.5 Å². The van der Waals surface area contributed by atoms with Gasteiger partial charge in [-0.3, -0.25) is 0 Å². The summed E-state index contributed by atoms with van der Waals surface area (Å²) in [6, 6.07) is 0. The van der Waals surface area contributed by atoms with E-state index in [4.69, 9.17) is 4.43 Å². The van der Waals surface area contributed by atoms with Crippen molar-refractivity contribution in [3.8, 4) is 0 Å². The van der Waals surface area contributed by atoms with Crippen molar-refractivity contribution in [2.45, 2.75) is 83.7 Å². The molecule has 22 heavy (non-hydrogen) atoms. The lowest BCUT2D eigenvalue weighted by atomic mass is 9.64. The average Bonchev–Trinajstić information content (AvgIpc) is 3.32. The molecule has 4 aliphatic rings. The van der Waals surface area contributed by atoms with Gasteiger partial charge in [0.15, 0.2) is 0 Å². The Kier molecular flexibility index (Phi) is 4.22. The SMILES string of the molecule is CCC(CC)(CC1C2CCC(C2)C1C1CC2CCC1C2)O[SiH3]. The van der Waals surface area contributed by atoms with Gasteiger partial charge >= 0.3 is 0 Å². The largest absolute Gasteiger partial charge is 0.422 e. The molecule has 4 rings (SSSR count). The van der Waals surface area contributed by atoms with Crippen LogP contribution in [0.1, 0.15) is 78.1 Å². The molecule has 0 spiro atoms. The summed E-state index contributed by atoms with van der Waals surface area (Å²) in [6.07, 6.45) is 14.8. The summed E-state index contributed by atoms with van der Waals surface area (Å²) in [6.45, 7) is 4.72. The van der Waals surface area contributed by atoms with Crippen LogP contribution in [0.3, 0.4) is 0 Å². The Morgan fingerprint density at radius 2 is 1.64 bits per heavy atom. The van der Waals surface area contributed by atoms with Gasteiger partial charge in [-0.25, -0.2) is 0 Å². The van der Waals surface area contributed by atoms with E-state index in [1.54, 1.807) is 38.5 Å². The molecule has 2 heteroatoms. The van der Waals surface area contributed by atoms with E-state index in [9.17, 15) is 0 Å². The van der Waals surface area contributed by atoms with Gasteiger partial charge in [0.2, 0.25) is 0 Å². The number of hydrogen-bond donors (Lipinski definition) is 0. The third kappa shape index (κ3) is 2.35. The molecule has 126 valence electrons. The Bertz CT molecular complexity index is 396. The maximum atomic E-state index is 6.22. The second-order valence-corrected chi connectivity index (χ2v) is 9.62. The van der Waals surface area contributed by atoms with Crippen molar-refractivity contribution in [2.24, 2.45) is 41.4 Å². The van der Waals surface area contributed by atoms with Crippen LogP contribution in [-0.4, -0.2) is 16.1 Å². The lowest BCUT2D eigenvalue weighted by molar-refractivity contribution is 0.00202. The minimum atomic E-state index is 0.233. The van der Waals surface area contributed by atoms with Crippen LogP contribution >= 0.6 is 0 Å². The first-order chi connectivity index (χ1) is 10.7. The van der Waals surface area contributed by atoms with Crippen LogP contribution in [0.25, 0.3) is 0 Å². The van der Waals surface area contributed by atoms with Gasteiger partial charge in [0.25, 0.3) is 0 Å². The molecule has 0 radical (unpaired) electrons. The third-order valence-corrected chi connectivity index (χ3v) is 9.64. The van der Waals surface area contributed by atoms with E-state index in [0.29, 0.717) is 0 Å². The molecule has 7 unspecified atom stereocenters. The van der Waals surface area contributed by atoms with Gasteiger partial charge in [-0.2, -0.15) is 0 Å². The van der Waals surface area contributed by atoms with Gasteiger partial charge in [-0.15, -0.1) is 0 Å². The van der Waals surface area contributed by atoms with Crippen LogP contribution in [0, 0.1) is 41.4 Å². The summed E-state index contributed by atoms with van der Waals surface area (Å²) in [5.41, 5.74) is 0.233. The maximum Gasteiger partial charge on any atom is 0.146 e. The zero-order chi connectivity index (χ0) is 15.3. The Labute approximate surface area is 140 Å². The molecular formula is C20H36OSi. The molecule has 1 nitrogen and oxygen atoms in total. The lowest BCUT2D eigenvalue weighted by Crippen LogP contribution is -2.40. The van der Waals surface area contributed by atoms with Crippen LogP contribution in [0.2, 0.25) is 0 Å². The standard InChI is InChI=1S/C20H36OSi/c1-3-20(4-2,21-22)12-18-15-7-8-16(11-15)19(18)17-10-13-5-6-14(17)9-13/h13-19H,3-12H2,1-2,22H3. The molecule has 0 saturated heterocycles. The number of fused-ring (bicyclic) bond motifs is 4. The minimum absolute atomic E-state index is 0.233. The Morgan fingerprint density at radius 1 is 0.909 bits per heavy atom. The molecule has 0 amide bonds. The maximum absolute atomic E-state index is 6.22. The average molecular weight is 321 g/mol. The van der Waals surface area contributed by atoms with Gasteiger partial charge in [0.05, 0.1) is 5.60 Å². The summed E-state index contributed by atoms with van der Waals surface area (Å²) in [4.78, 5) is 0. The van der Waals surface area contributed by atoms with E-state index in [1.807, 2.05) is 0 Å². The van der Waals surface area contributed by atoms with Crippen molar-refractivity contribution in [2.75, 3.05) is 0 Å². The van der Waals surface area contributed by atoms with Crippen LogP contribution in [0.5, 0.6) is 0 Å². The highest BCUT2D eigenvalue weighted by molar-refractivity contribution is 5.98. The molecule has 4 bridgehead atoms. The van der Waals surface area contributed by atoms with E-state index in [0.717, 1.165) is 51.9 Å². The zero-order valence-electron chi connectivity index (χ0n) is 15.0. The lowest BCUT2D eigenvalue weighted by Gasteiger charge is -2.43. The van der Waals surface area contributed by atoms with Gasteiger partial charge in [-0.1, -0.05) is 20.3 Å². The topological polar surface area (TPSA) is 9.23 Å². The molecule has 4 fully saturated rings. The van der Waals surface area contributed by atoms with Crippen LogP contribution < -0.4 is 0 Å². The van der Waals surface area contributed by atoms with Crippen molar-refractivity contribution < 1.29 is 4.43 Å². The molecular weight excluding hydrogens is 284 g/mol. The fourth-order valence-corrected chi connectivity index (χ4v) is 8.27. The monoisotopic (exact) mass is 320 g/mol. The Morgan fingerprint density at radius 3 is 2.23 bits per heavy atom. The first-order valence-electron chi connectivity index (χ1n) is 10.2. The highest BCUT2D eigenvalue weighted by Gasteiger charge is 2.55. The number of hydrogen-bond acceptors (Lipinski definition) is 1. The summed E-state index contributed by atoms with van der Waals surface area (Å²) in [5, 5.41) is 0. The second kappa shape index (κ2) is 5.92. The summed E-state index contributed by atoms with van der Waals surface area (Å²) in [5.74, 6) is 7.60. The molecule has 0 N–H and O–H groups in total. The van der Waals surface area contributed by atoms with E-state index < -0.39 is 0 Å². The predicted molar refractivity (Wildman–Crippen MR) is 95.7 cm³/mol.